The molecule has 3 aromatic rings. The zero-order valence-electron chi connectivity index (χ0n) is 17.7. The van der Waals surface area contributed by atoms with E-state index >= 15 is 0 Å². The summed E-state index contributed by atoms with van der Waals surface area (Å²) >= 11 is 6.13. The van der Waals surface area contributed by atoms with Crippen molar-refractivity contribution >= 4 is 33.5 Å². The number of carbonyl (C=O) groups excluding carboxylic acids is 1. The lowest BCUT2D eigenvalue weighted by atomic mass is 9.94. The van der Waals surface area contributed by atoms with Gasteiger partial charge in [0.05, 0.1) is 15.5 Å². The summed E-state index contributed by atoms with van der Waals surface area (Å²) in [7, 11) is -3.61. The van der Waals surface area contributed by atoms with Gasteiger partial charge in [0.1, 0.15) is 0 Å². The summed E-state index contributed by atoms with van der Waals surface area (Å²) in [6.07, 6.45) is 1.01. The molecule has 0 unspecified atom stereocenters. The summed E-state index contributed by atoms with van der Waals surface area (Å²) in [4.78, 5) is 12.7. The molecular formula is C22H23ClN4O4S. The largest absolute Gasteiger partial charge is 0.403 e. The molecule has 168 valence electrons. The zero-order valence-corrected chi connectivity index (χ0v) is 19.2. The summed E-state index contributed by atoms with van der Waals surface area (Å²) in [5.74, 6) is 0.299. The Morgan fingerprint density at radius 1 is 1.06 bits per heavy atom. The number of rotatable bonds is 5. The number of nitrogens with zero attached hydrogens (tertiary/aromatic N) is 3. The lowest BCUT2D eigenvalue weighted by Gasteiger charge is -2.34. The normalized spacial score (nSPS) is 19.6. The molecule has 4 rings (SSSR count). The Labute approximate surface area is 191 Å². The van der Waals surface area contributed by atoms with Crippen molar-refractivity contribution in [1.82, 2.24) is 14.5 Å². The highest BCUT2D eigenvalue weighted by Crippen LogP contribution is 2.28. The number of hydrogen-bond donors (Lipinski definition) is 1. The smallest absolute Gasteiger partial charge is 0.322 e. The maximum atomic E-state index is 13.0. The average molecular weight is 475 g/mol. The molecule has 1 saturated heterocycles. The number of amides is 1. The van der Waals surface area contributed by atoms with E-state index in [4.69, 9.17) is 16.0 Å². The highest BCUT2D eigenvalue weighted by Gasteiger charge is 2.31. The monoisotopic (exact) mass is 474 g/mol. The van der Waals surface area contributed by atoms with Gasteiger partial charge in [-0.3, -0.25) is 10.1 Å². The molecule has 1 aromatic heterocycles. The fraction of sp³-hybridized carbons (Fsp3) is 0.318. The van der Waals surface area contributed by atoms with Crippen LogP contribution >= 0.6 is 11.6 Å². The SMILES string of the molecule is C[C@@H]1C[C@@H](C)CN(S(=O)(=O)c2ccc(C(=O)Nc3nnc(-c4ccccc4Cl)o3)cc2)C1. The van der Waals surface area contributed by atoms with E-state index in [9.17, 15) is 13.2 Å². The fourth-order valence-corrected chi connectivity index (χ4v) is 5.81. The summed E-state index contributed by atoms with van der Waals surface area (Å²) in [5.41, 5.74) is 0.819. The van der Waals surface area contributed by atoms with Crippen LogP contribution in [-0.2, 0) is 10.0 Å². The Bertz CT molecular complexity index is 1220. The van der Waals surface area contributed by atoms with Crippen LogP contribution in [0.4, 0.5) is 6.01 Å². The molecule has 2 heterocycles. The highest BCUT2D eigenvalue weighted by molar-refractivity contribution is 7.89. The molecule has 2 aromatic carbocycles. The first-order chi connectivity index (χ1) is 15.2. The number of carbonyl (C=O) groups is 1. The average Bonchev–Trinajstić information content (AvgIpc) is 3.21. The molecule has 0 radical (unpaired) electrons. The van der Waals surface area contributed by atoms with Gasteiger partial charge in [-0.1, -0.05) is 42.7 Å². The van der Waals surface area contributed by atoms with Gasteiger partial charge >= 0.3 is 6.01 Å². The number of anilines is 1. The summed E-state index contributed by atoms with van der Waals surface area (Å²) < 4.78 is 33.0. The molecule has 0 bridgehead atoms. The van der Waals surface area contributed by atoms with Crippen LogP contribution in [0.3, 0.4) is 0 Å². The van der Waals surface area contributed by atoms with Crippen molar-refractivity contribution in [3.8, 4) is 11.5 Å². The molecule has 2 atom stereocenters. The molecule has 1 aliphatic heterocycles. The van der Waals surface area contributed by atoms with E-state index < -0.39 is 15.9 Å². The zero-order chi connectivity index (χ0) is 22.9. The molecule has 10 heteroatoms. The maximum Gasteiger partial charge on any atom is 0.322 e. The van der Waals surface area contributed by atoms with E-state index in [1.54, 1.807) is 24.3 Å². The van der Waals surface area contributed by atoms with Crippen LogP contribution in [0, 0.1) is 11.8 Å². The standard InChI is InChI=1S/C22H23ClN4O4S/c1-14-11-15(2)13-27(12-14)32(29,30)17-9-7-16(8-10-17)20(28)24-22-26-25-21(31-22)18-5-3-4-6-19(18)23/h3-10,14-15H,11-13H2,1-2H3,(H,24,26,28)/t14-,15-/m1/s1. The van der Waals surface area contributed by atoms with Crippen molar-refractivity contribution in [3.63, 3.8) is 0 Å². The van der Waals surface area contributed by atoms with Crippen LogP contribution in [0.15, 0.2) is 57.8 Å². The Kier molecular flexibility index (Phi) is 6.32. The third kappa shape index (κ3) is 4.69. The van der Waals surface area contributed by atoms with Gasteiger partial charge in [-0.25, -0.2) is 8.42 Å². The van der Waals surface area contributed by atoms with Crippen molar-refractivity contribution in [2.75, 3.05) is 18.4 Å². The summed E-state index contributed by atoms with van der Waals surface area (Å²) in [6, 6.07) is 12.7. The fourth-order valence-electron chi connectivity index (χ4n) is 3.92. The number of halogens is 1. The maximum absolute atomic E-state index is 13.0. The lowest BCUT2D eigenvalue weighted by Crippen LogP contribution is -2.42. The molecule has 8 nitrogen and oxygen atoms in total. The Hall–Kier alpha value is -2.75. The van der Waals surface area contributed by atoms with Crippen molar-refractivity contribution < 1.29 is 17.6 Å². The number of benzene rings is 2. The summed E-state index contributed by atoms with van der Waals surface area (Å²) in [6.45, 7) is 5.11. The van der Waals surface area contributed by atoms with Crippen LogP contribution in [0.2, 0.25) is 5.02 Å². The minimum absolute atomic E-state index is 0.0853. The van der Waals surface area contributed by atoms with Crippen molar-refractivity contribution in [2.45, 2.75) is 25.2 Å². The van der Waals surface area contributed by atoms with E-state index in [1.807, 2.05) is 0 Å². The van der Waals surface area contributed by atoms with Gasteiger partial charge in [0.2, 0.25) is 10.0 Å². The van der Waals surface area contributed by atoms with Gasteiger partial charge in [0.15, 0.2) is 0 Å². The number of hydrogen-bond acceptors (Lipinski definition) is 6. The molecule has 32 heavy (non-hydrogen) atoms. The van der Waals surface area contributed by atoms with Crippen LogP contribution in [-0.4, -0.2) is 41.9 Å². The van der Waals surface area contributed by atoms with Crippen LogP contribution in [0.1, 0.15) is 30.6 Å². The topological polar surface area (TPSA) is 105 Å². The van der Waals surface area contributed by atoms with E-state index in [0.29, 0.717) is 35.5 Å². The predicted molar refractivity (Wildman–Crippen MR) is 121 cm³/mol. The Morgan fingerprint density at radius 3 is 2.38 bits per heavy atom. The molecule has 0 saturated carbocycles. The highest BCUT2D eigenvalue weighted by atomic mass is 35.5. The van der Waals surface area contributed by atoms with Gasteiger partial charge in [0, 0.05) is 18.7 Å². The van der Waals surface area contributed by atoms with Gasteiger partial charge in [-0.2, -0.15) is 4.31 Å². The van der Waals surface area contributed by atoms with Crippen LogP contribution in [0.25, 0.3) is 11.5 Å². The van der Waals surface area contributed by atoms with E-state index in [2.05, 4.69) is 29.4 Å². The van der Waals surface area contributed by atoms with Gasteiger partial charge in [-0.15, -0.1) is 5.10 Å². The molecule has 0 aliphatic carbocycles. The number of aromatic nitrogens is 2. The number of sulfonamides is 1. The van der Waals surface area contributed by atoms with E-state index in [0.717, 1.165) is 6.42 Å². The third-order valence-corrected chi connectivity index (χ3v) is 7.51. The minimum atomic E-state index is -3.61. The first kappa shape index (κ1) is 22.4. The van der Waals surface area contributed by atoms with Gasteiger partial charge in [-0.05, 0) is 54.7 Å². The van der Waals surface area contributed by atoms with Crippen LogP contribution in [0.5, 0.6) is 0 Å². The molecule has 1 amide bonds. The lowest BCUT2D eigenvalue weighted by molar-refractivity contribution is 0.102. The number of nitrogens with one attached hydrogen (secondary N) is 1. The molecule has 0 spiro atoms. The molecule has 1 fully saturated rings. The quantitative estimate of drug-likeness (QED) is 0.590. The van der Waals surface area contributed by atoms with Gasteiger partial charge < -0.3 is 4.42 Å². The first-order valence-corrected chi connectivity index (χ1v) is 12.1. The van der Waals surface area contributed by atoms with Crippen LogP contribution < -0.4 is 5.32 Å². The second kappa shape index (κ2) is 9.01. The second-order valence-electron chi connectivity index (χ2n) is 8.14. The van der Waals surface area contributed by atoms with E-state index in [-0.39, 0.29) is 22.4 Å². The summed E-state index contributed by atoms with van der Waals surface area (Å²) in [5, 5.41) is 10.7. The van der Waals surface area contributed by atoms with Crippen molar-refractivity contribution in [2.24, 2.45) is 11.8 Å². The second-order valence-corrected chi connectivity index (χ2v) is 10.5. The Balaban J connectivity index is 1.46. The molecular weight excluding hydrogens is 452 g/mol. The van der Waals surface area contributed by atoms with E-state index in [1.165, 1.54) is 28.6 Å². The van der Waals surface area contributed by atoms with Crippen molar-refractivity contribution in [1.29, 1.82) is 0 Å². The first-order valence-electron chi connectivity index (χ1n) is 10.2. The minimum Gasteiger partial charge on any atom is -0.403 e. The predicted octanol–water partition coefficient (Wildman–Crippen LogP) is 4.31. The molecule has 1 aliphatic rings. The molecule has 1 N–H and O–H groups in total. The Morgan fingerprint density at radius 2 is 1.72 bits per heavy atom. The van der Waals surface area contributed by atoms with Gasteiger partial charge in [0.25, 0.3) is 11.8 Å². The third-order valence-electron chi connectivity index (χ3n) is 5.34. The number of piperidine rings is 1. The van der Waals surface area contributed by atoms with Crippen molar-refractivity contribution in [3.05, 3.63) is 59.1 Å².